The fourth-order valence-electron chi connectivity index (χ4n) is 8.01. The summed E-state index contributed by atoms with van der Waals surface area (Å²) in [5.41, 5.74) is 7.39. The molecule has 7 rings (SSSR count). The predicted octanol–water partition coefficient (Wildman–Crippen LogP) is 9.02. The third-order valence-corrected chi connectivity index (χ3v) is 10.7. The van der Waals surface area contributed by atoms with Crippen molar-refractivity contribution in [1.82, 2.24) is 0 Å². The monoisotopic (exact) mass is 730 g/mol. The molecule has 0 radical (unpaired) electrons. The minimum atomic E-state index is -1.05. The number of carbonyl (C=O) groups excluding carboxylic acids is 2. The molecule has 50 heavy (non-hydrogen) atoms. The van der Waals surface area contributed by atoms with E-state index in [-0.39, 0.29) is 29.8 Å². The molecule has 7 nitrogen and oxygen atoms in total. The van der Waals surface area contributed by atoms with Gasteiger partial charge in [0.1, 0.15) is 5.75 Å². The first kappa shape index (κ1) is 34.0. The van der Waals surface area contributed by atoms with Crippen LogP contribution in [0.4, 0.5) is 17.1 Å². The summed E-state index contributed by atoms with van der Waals surface area (Å²) in [6.45, 7) is 2.13. The number of allylic oxidation sites excluding steroid dienone is 2. The highest BCUT2D eigenvalue weighted by Gasteiger charge is 2.57. The third kappa shape index (κ3) is 6.95. The normalized spacial score (nSPS) is 22.1. The second-order valence-corrected chi connectivity index (χ2v) is 14.3. The van der Waals surface area contributed by atoms with Gasteiger partial charge in [-0.3, -0.25) is 14.5 Å². The highest BCUT2D eigenvalue weighted by molar-refractivity contribution is 9.10. The van der Waals surface area contributed by atoms with Gasteiger partial charge < -0.3 is 20.1 Å². The van der Waals surface area contributed by atoms with Gasteiger partial charge in [0.15, 0.2) is 0 Å². The van der Waals surface area contributed by atoms with Crippen molar-refractivity contribution in [3.05, 3.63) is 130 Å². The molecule has 2 aliphatic heterocycles. The van der Waals surface area contributed by atoms with E-state index in [0.29, 0.717) is 30.5 Å². The van der Waals surface area contributed by atoms with Gasteiger partial charge in [-0.15, -0.1) is 0 Å². The summed E-state index contributed by atoms with van der Waals surface area (Å²) >= 11 is 3.52. The number of fused-ring (bicyclic) bond motifs is 3. The van der Waals surface area contributed by atoms with Gasteiger partial charge in [0.05, 0.1) is 23.6 Å². The van der Waals surface area contributed by atoms with E-state index in [1.54, 1.807) is 12.1 Å². The van der Waals surface area contributed by atoms with E-state index in [2.05, 4.69) is 40.3 Å². The van der Waals surface area contributed by atoms with Crippen LogP contribution in [0.3, 0.4) is 0 Å². The lowest BCUT2D eigenvalue weighted by Gasteiger charge is -2.43. The molecule has 0 aromatic heterocycles. The van der Waals surface area contributed by atoms with Crippen molar-refractivity contribution in [3.8, 4) is 5.75 Å². The Hall–Kier alpha value is -4.44. The van der Waals surface area contributed by atoms with Crippen molar-refractivity contribution in [2.45, 2.75) is 51.5 Å². The molecule has 2 heterocycles. The van der Waals surface area contributed by atoms with Crippen molar-refractivity contribution < 1.29 is 24.4 Å². The topological polar surface area (TPSA) is 99.1 Å². The van der Waals surface area contributed by atoms with Gasteiger partial charge in [-0.05, 0) is 115 Å². The van der Waals surface area contributed by atoms with Gasteiger partial charge in [-0.2, -0.15) is 0 Å². The first-order valence-corrected chi connectivity index (χ1v) is 18.2. The Kier molecular flexibility index (Phi) is 10.1. The Morgan fingerprint density at radius 3 is 2.36 bits per heavy atom. The van der Waals surface area contributed by atoms with Crippen LogP contribution in [0.2, 0.25) is 6.32 Å². The first-order chi connectivity index (χ1) is 24.3. The lowest BCUT2D eigenvalue weighted by atomic mass is 9.58. The highest BCUT2D eigenvalue weighted by Crippen LogP contribution is 2.52. The van der Waals surface area contributed by atoms with Crippen LogP contribution in [-0.2, 0) is 14.2 Å². The van der Waals surface area contributed by atoms with Crippen molar-refractivity contribution in [1.29, 1.82) is 0 Å². The number of phenols is 1. The average molecular weight is 731 g/mol. The molecule has 4 atom stereocenters. The summed E-state index contributed by atoms with van der Waals surface area (Å²) in [5.74, 6) is -1.49. The third-order valence-electron chi connectivity index (χ3n) is 10.2. The van der Waals surface area contributed by atoms with E-state index in [1.165, 1.54) is 10.5 Å². The standard InChI is InChI=1S/C41H40BBrN2O5/c1-2-9-28-24-34-39(41(48)45(40(34)47)33-18-16-32(17-19-33)44-31-12-7-4-8-13-31)35-25-42(49)50-37(38(28)35)21-14-27(26-10-5-3-6-11-26)22-29-23-30(43)15-20-36(29)46/h3-8,10-13,15-20,22-23,34-35,37,39,44,46,49H,2,9,14,21,24-25H2,1H3/b27-22-/t34-,35+,37-,39-/m1/s1. The minimum absolute atomic E-state index is 0.169. The molecule has 0 unspecified atom stereocenters. The zero-order valence-electron chi connectivity index (χ0n) is 28.0. The molecule has 2 saturated heterocycles. The number of carbonyl (C=O) groups is 2. The van der Waals surface area contributed by atoms with E-state index < -0.39 is 25.1 Å². The molecule has 254 valence electrons. The number of rotatable bonds is 10. The number of hydrogen-bond acceptors (Lipinski definition) is 6. The first-order valence-electron chi connectivity index (χ1n) is 17.4. The molecule has 0 saturated carbocycles. The van der Waals surface area contributed by atoms with Crippen LogP contribution in [-0.4, -0.2) is 35.2 Å². The number of hydrogen-bond donors (Lipinski definition) is 3. The van der Waals surface area contributed by atoms with E-state index in [0.717, 1.165) is 45.4 Å². The second-order valence-electron chi connectivity index (χ2n) is 13.4. The van der Waals surface area contributed by atoms with Crippen LogP contribution in [0.25, 0.3) is 11.6 Å². The molecule has 3 aliphatic rings. The van der Waals surface area contributed by atoms with Crippen LogP contribution < -0.4 is 10.2 Å². The van der Waals surface area contributed by atoms with Gasteiger partial charge >= 0.3 is 7.12 Å². The summed E-state index contributed by atoms with van der Waals surface area (Å²) in [5, 5.41) is 25.1. The van der Waals surface area contributed by atoms with E-state index in [9.17, 15) is 19.7 Å². The number of nitrogens with zero attached hydrogens (tertiary/aromatic N) is 1. The minimum Gasteiger partial charge on any atom is -0.507 e. The maximum atomic E-state index is 14.3. The molecule has 4 aromatic rings. The summed E-state index contributed by atoms with van der Waals surface area (Å²) in [6, 6.07) is 32.7. The van der Waals surface area contributed by atoms with Crippen LogP contribution in [0.1, 0.15) is 50.2 Å². The Morgan fingerprint density at radius 2 is 1.64 bits per heavy atom. The van der Waals surface area contributed by atoms with Crippen molar-refractivity contribution >= 4 is 63.6 Å². The number of nitrogens with one attached hydrogen (secondary N) is 1. The zero-order chi connectivity index (χ0) is 34.8. The summed E-state index contributed by atoms with van der Waals surface area (Å²) < 4.78 is 7.16. The number of imide groups is 1. The van der Waals surface area contributed by atoms with Crippen LogP contribution >= 0.6 is 15.9 Å². The second kappa shape index (κ2) is 14.8. The number of anilines is 3. The number of phenolic OH excluding ortho intramolecular Hbond substituents is 1. The Labute approximate surface area is 302 Å². The Morgan fingerprint density at radius 1 is 0.940 bits per heavy atom. The predicted molar refractivity (Wildman–Crippen MR) is 203 cm³/mol. The smallest absolute Gasteiger partial charge is 0.455 e. The quantitative estimate of drug-likeness (QED) is 0.0652. The molecule has 1 aliphatic carbocycles. The Balaban J connectivity index is 1.16. The van der Waals surface area contributed by atoms with Crippen LogP contribution in [0.15, 0.2) is 119 Å². The number of aromatic hydroxyl groups is 1. The molecular formula is C41H40BBrN2O5. The zero-order valence-corrected chi connectivity index (χ0v) is 29.6. The van der Waals surface area contributed by atoms with E-state index in [1.807, 2.05) is 84.9 Å². The molecule has 2 fully saturated rings. The van der Waals surface area contributed by atoms with Gasteiger partial charge in [0.25, 0.3) is 0 Å². The largest absolute Gasteiger partial charge is 0.507 e. The molecule has 9 heteroatoms. The van der Waals surface area contributed by atoms with Gasteiger partial charge in [-0.1, -0.05) is 83.4 Å². The van der Waals surface area contributed by atoms with Crippen molar-refractivity contribution in [2.75, 3.05) is 10.2 Å². The lowest BCUT2D eigenvalue weighted by molar-refractivity contribution is -0.122. The number of para-hydroxylation sites is 1. The fraction of sp³-hybridized carbons (Fsp3) is 0.268. The van der Waals surface area contributed by atoms with Crippen molar-refractivity contribution in [2.24, 2.45) is 17.8 Å². The van der Waals surface area contributed by atoms with Crippen LogP contribution in [0.5, 0.6) is 5.75 Å². The molecule has 0 bridgehead atoms. The summed E-state index contributed by atoms with van der Waals surface area (Å²) in [6.07, 6.45) is 5.28. The van der Waals surface area contributed by atoms with Gasteiger partial charge in [0, 0.05) is 21.4 Å². The summed E-state index contributed by atoms with van der Waals surface area (Å²) in [4.78, 5) is 29.7. The highest BCUT2D eigenvalue weighted by atomic mass is 79.9. The molecule has 3 N–H and O–H groups in total. The SMILES string of the molecule is CCCC1=C2[C@@H](CC/C(=C/c3cc(Br)ccc3O)c3ccccc3)OB(O)C[C@@H]2[C@@H]2C(=O)N(c3ccc(Nc4ccccc4)cc3)C(=O)[C@@H]2C1. The Bertz CT molecular complexity index is 1930. The number of amides is 2. The average Bonchev–Trinajstić information content (AvgIpc) is 3.37. The lowest BCUT2D eigenvalue weighted by Crippen LogP contribution is -2.46. The molecular weight excluding hydrogens is 691 g/mol. The van der Waals surface area contributed by atoms with Crippen LogP contribution in [0, 0.1) is 17.8 Å². The number of benzene rings is 4. The number of halogens is 1. The van der Waals surface area contributed by atoms with E-state index in [4.69, 9.17) is 4.65 Å². The maximum Gasteiger partial charge on any atom is 0.455 e. The van der Waals surface area contributed by atoms with Crippen molar-refractivity contribution in [3.63, 3.8) is 0 Å². The fourth-order valence-corrected chi connectivity index (χ4v) is 8.39. The molecule has 4 aromatic carbocycles. The van der Waals surface area contributed by atoms with Gasteiger partial charge in [-0.25, -0.2) is 0 Å². The molecule has 2 amide bonds. The van der Waals surface area contributed by atoms with Gasteiger partial charge in [0.2, 0.25) is 11.8 Å². The van der Waals surface area contributed by atoms with E-state index >= 15 is 0 Å². The maximum absolute atomic E-state index is 14.3. The molecule has 0 spiro atoms. The summed E-state index contributed by atoms with van der Waals surface area (Å²) in [7, 11) is -1.05.